The van der Waals surface area contributed by atoms with Crippen LogP contribution in [0.1, 0.15) is 94.9 Å². The minimum atomic E-state index is -1.80. The summed E-state index contributed by atoms with van der Waals surface area (Å²) in [6, 6.07) is -0.858. The Hall–Kier alpha value is -1.01. The summed E-state index contributed by atoms with van der Waals surface area (Å²) in [6.45, 7) is 18.0. The molecule has 0 aliphatic carbocycles. The number of carbonyl (C=O) groups is 1. The van der Waals surface area contributed by atoms with Crippen molar-refractivity contribution >= 4 is 5.97 Å². The van der Waals surface area contributed by atoms with E-state index in [1.807, 2.05) is 32.7 Å². The van der Waals surface area contributed by atoms with E-state index in [1.54, 1.807) is 48.6 Å². The largest absolute Gasteiger partial charge is 0.459 e. The van der Waals surface area contributed by atoms with Crippen molar-refractivity contribution in [3.8, 4) is 0 Å². The van der Waals surface area contributed by atoms with E-state index in [1.165, 1.54) is 14.0 Å². The maximum Gasteiger partial charge on any atom is 0.311 e. The molecule has 1 unspecified atom stereocenters. The third-order valence-electron chi connectivity index (χ3n) is 11.9. The summed E-state index contributed by atoms with van der Waals surface area (Å²) in [6.07, 6.45) is -8.24. The lowest BCUT2D eigenvalue weighted by molar-refractivity contribution is -0.316. The van der Waals surface area contributed by atoms with Crippen molar-refractivity contribution in [1.29, 1.82) is 0 Å². The Morgan fingerprint density at radius 1 is 0.961 bits per heavy atom. The minimum absolute atomic E-state index is 0.132. The number of rotatable bonds is 7. The quantitative estimate of drug-likeness (QED) is 0.207. The van der Waals surface area contributed by atoms with Crippen LogP contribution in [0, 0.1) is 17.8 Å². The van der Waals surface area contributed by atoms with Crippen LogP contribution in [0.5, 0.6) is 0 Å². The molecule has 3 saturated heterocycles. The van der Waals surface area contributed by atoms with Crippen LogP contribution >= 0.6 is 0 Å². The number of cyclic esters (lactones) is 1. The van der Waals surface area contributed by atoms with E-state index in [0.29, 0.717) is 13.0 Å². The van der Waals surface area contributed by atoms with Crippen LogP contribution in [-0.4, -0.2) is 154 Å². The number of methoxy groups -OCH3 is 1. The highest BCUT2D eigenvalue weighted by Gasteiger charge is 2.52. The summed E-state index contributed by atoms with van der Waals surface area (Å²) in [5.74, 6) is -2.59. The molecule has 3 heterocycles. The standard InChI is InChI=1S/C37H70N2O12/c1-14-26-37(10,45)30(41)23(6)39(12)18-19(2)16-35(8,44)32(51-34-28(40)25(38-11)15-20(3)47-34)21(4)29(22(5)33(43)49-26)50-27-17-36(9,46-13)31(42)24(7)48-27/h19-32,34,38,40-42,44-45H,14-18H2,1-13H3/t19-,20-,21+,22-,23-,24+,25+,26-,27+,28-,29+,30-,31+,32-,34+,35?,36-,37-/m1/s1. The fourth-order valence-electron chi connectivity index (χ4n) is 8.53. The lowest BCUT2D eigenvalue weighted by atomic mass is 9.77. The number of carbonyl (C=O) groups excluding carboxylic acids is 1. The van der Waals surface area contributed by atoms with Crippen LogP contribution in [-0.2, 0) is 33.2 Å². The summed E-state index contributed by atoms with van der Waals surface area (Å²) < 4.78 is 37.3. The molecule has 3 aliphatic rings. The van der Waals surface area contributed by atoms with Crippen LogP contribution in [0.25, 0.3) is 0 Å². The van der Waals surface area contributed by atoms with Crippen molar-refractivity contribution in [2.45, 2.75) is 185 Å². The third-order valence-corrected chi connectivity index (χ3v) is 11.9. The van der Waals surface area contributed by atoms with Crippen LogP contribution in [0.4, 0.5) is 0 Å². The van der Waals surface area contributed by atoms with Gasteiger partial charge >= 0.3 is 5.97 Å². The fraction of sp³-hybridized carbons (Fsp3) is 0.973. The normalized spacial score (nSPS) is 50.2. The molecule has 14 heteroatoms. The molecule has 0 amide bonds. The Kier molecular flexibility index (Phi) is 15.3. The number of ether oxygens (including phenoxy) is 6. The minimum Gasteiger partial charge on any atom is -0.459 e. The van der Waals surface area contributed by atoms with Crippen LogP contribution < -0.4 is 5.32 Å². The van der Waals surface area contributed by atoms with Gasteiger partial charge < -0.3 is 64.2 Å². The Morgan fingerprint density at radius 3 is 2.16 bits per heavy atom. The van der Waals surface area contributed by atoms with Gasteiger partial charge in [0, 0.05) is 38.1 Å². The molecule has 3 fully saturated rings. The van der Waals surface area contributed by atoms with E-state index < -0.39 is 96.0 Å². The summed E-state index contributed by atoms with van der Waals surface area (Å²) in [4.78, 5) is 16.1. The van der Waals surface area contributed by atoms with E-state index in [0.717, 1.165) is 0 Å². The van der Waals surface area contributed by atoms with Gasteiger partial charge in [-0.1, -0.05) is 20.8 Å². The predicted octanol–water partition coefficient (Wildman–Crippen LogP) is 1.56. The van der Waals surface area contributed by atoms with Gasteiger partial charge in [-0.2, -0.15) is 0 Å². The second-order valence-electron chi connectivity index (χ2n) is 16.5. The SMILES string of the molecule is CC[C@H]1OC(=O)[C@H](C)[C@@H](O[C@H]2C[C@@](C)(OC)[C@@H](O)[C@H](C)O2)[C@H](C)[C@@H](O[C@@H]2O[C@H](C)C[C@H](NC)[C@H]2O)C(C)(O)C[C@@H](C)CN(C)[C@H](C)[C@@H](O)[C@]1(C)O. The zero-order chi connectivity index (χ0) is 38.8. The van der Waals surface area contributed by atoms with Crippen LogP contribution in [0.3, 0.4) is 0 Å². The molecule has 300 valence electrons. The maximum atomic E-state index is 14.2. The van der Waals surface area contributed by atoms with Gasteiger partial charge in [0.05, 0.1) is 41.5 Å². The molecule has 18 atom stereocenters. The van der Waals surface area contributed by atoms with Crippen molar-refractivity contribution in [3.63, 3.8) is 0 Å². The number of likely N-dealkylation sites (N-methyl/N-ethyl adjacent to an activating group) is 2. The van der Waals surface area contributed by atoms with E-state index in [4.69, 9.17) is 28.4 Å². The molecule has 6 N–H and O–H groups in total. The van der Waals surface area contributed by atoms with Gasteiger partial charge in [0.25, 0.3) is 0 Å². The van der Waals surface area contributed by atoms with Gasteiger partial charge in [-0.05, 0) is 87.7 Å². The Labute approximate surface area is 305 Å². The molecule has 14 nitrogen and oxygen atoms in total. The summed E-state index contributed by atoms with van der Waals surface area (Å²) in [5, 5.41) is 61.0. The van der Waals surface area contributed by atoms with Gasteiger partial charge in [-0.25, -0.2) is 0 Å². The molecule has 0 aromatic rings. The highest BCUT2D eigenvalue weighted by Crippen LogP contribution is 2.40. The topological polar surface area (TPSA) is 189 Å². The van der Waals surface area contributed by atoms with Crippen molar-refractivity contribution in [2.75, 3.05) is 27.7 Å². The van der Waals surface area contributed by atoms with E-state index >= 15 is 0 Å². The fourth-order valence-corrected chi connectivity index (χ4v) is 8.53. The Morgan fingerprint density at radius 2 is 1.59 bits per heavy atom. The second-order valence-corrected chi connectivity index (χ2v) is 16.5. The van der Waals surface area contributed by atoms with Crippen molar-refractivity contribution in [1.82, 2.24) is 10.2 Å². The van der Waals surface area contributed by atoms with Gasteiger partial charge in [0.1, 0.15) is 30.0 Å². The highest BCUT2D eigenvalue weighted by atomic mass is 16.7. The average molecular weight is 735 g/mol. The number of nitrogens with one attached hydrogen (secondary N) is 1. The van der Waals surface area contributed by atoms with Crippen molar-refractivity contribution in [3.05, 3.63) is 0 Å². The molecule has 0 radical (unpaired) electrons. The molecule has 0 spiro atoms. The average Bonchev–Trinajstić information content (AvgIpc) is 3.05. The van der Waals surface area contributed by atoms with Crippen molar-refractivity contribution in [2.24, 2.45) is 17.8 Å². The molecule has 51 heavy (non-hydrogen) atoms. The number of aliphatic hydroxyl groups excluding tert-OH is 3. The summed E-state index contributed by atoms with van der Waals surface area (Å²) >= 11 is 0. The first-order valence-electron chi connectivity index (χ1n) is 18.8. The Balaban J connectivity index is 2.16. The van der Waals surface area contributed by atoms with Gasteiger partial charge in [0.15, 0.2) is 12.6 Å². The maximum absolute atomic E-state index is 14.2. The first kappa shape index (κ1) is 44.4. The first-order chi connectivity index (χ1) is 23.5. The molecule has 3 aliphatic heterocycles. The lowest BCUT2D eigenvalue weighted by Crippen LogP contribution is -2.60. The second kappa shape index (κ2) is 17.6. The van der Waals surface area contributed by atoms with E-state index in [9.17, 15) is 30.3 Å². The van der Waals surface area contributed by atoms with Crippen LogP contribution in [0.15, 0.2) is 0 Å². The molecule has 0 saturated carbocycles. The smallest absolute Gasteiger partial charge is 0.311 e. The first-order valence-corrected chi connectivity index (χ1v) is 18.8. The zero-order valence-electron chi connectivity index (χ0n) is 33.2. The third kappa shape index (κ3) is 10.0. The molecule has 0 aromatic heterocycles. The zero-order valence-corrected chi connectivity index (χ0v) is 33.2. The van der Waals surface area contributed by atoms with E-state index in [-0.39, 0.29) is 37.3 Å². The molecular formula is C37H70N2O12. The Bertz CT molecular complexity index is 1110. The van der Waals surface area contributed by atoms with E-state index in [2.05, 4.69) is 5.32 Å². The van der Waals surface area contributed by atoms with Gasteiger partial charge in [-0.3, -0.25) is 4.79 Å². The number of nitrogens with zero attached hydrogens (tertiary/aromatic N) is 1. The van der Waals surface area contributed by atoms with Crippen LogP contribution in [0.2, 0.25) is 0 Å². The summed E-state index contributed by atoms with van der Waals surface area (Å²) in [7, 11) is 5.10. The molecule has 0 bridgehead atoms. The number of hydrogen-bond acceptors (Lipinski definition) is 14. The number of esters is 1. The number of aliphatic hydroxyl groups is 5. The molecular weight excluding hydrogens is 664 g/mol. The van der Waals surface area contributed by atoms with Gasteiger partial charge in [0.2, 0.25) is 0 Å². The predicted molar refractivity (Wildman–Crippen MR) is 190 cm³/mol. The molecule has 3 rings (SSSR count). The monoisotopic (exact) mass is 734 g/mol. The highest BCUT2D eigenvalue weighted by molar-refractivity contribution is 5.73. The lowest BCUT2D eigenvalue weighted by Gasteiger charge is -2.48. The van der Waals surface area contributed by atoms with Gasteiger partial charge in [-0.15, -0.1) is 0 Å². The van der Waals surface area contributed by atoms with Crippen molar-refractivity contribution < 1.29 is 58.7 Å². The molecule has 0 aromatic carbocycles. The number of hydrogen-bond donors (Lipinski definition) is 6. The summed E-state index contributed by atoms with van der Waals surface area (Å²) in [5.41, 5.74) is -4.37.